The molecule has 1 fully saturated rings. The highest BCUT2D eigenvalue weighted by Crippen LogP contribution is 2.25. The Hall–Kier alpha value is -2.20. The van der Waals surface area contributed by atoms with E-state index in [1.165, 1.54) is 0 Å². The molecule has 23 heavy (non-hydrogen) atoms. The average Bonchev–Trinajstić information content (AvgIpc) is 2.62. The van der Waals surface area contributed by atoms with Crippen molar-refractivity contribution in [3.63, 3.8) is 0 Å². The summed E-state index contributed by atoms with van der Waals surface area (Å²) in [4.78, 5) is 19.0. The molecule has 3 rings (SSSR count). The minimum atomic E-state index is 0.000862. The van der Waals surface area contributed by atoms with E-state index in [1.54, 1.807) is 12.4 Å². The van der Waals surface area contributed by atoms with Crippen LogP contribution in [-0.2, 0) is 0 Å². The molecule has 4 nitrogen and oxygen atoms in total. The number of amides is 1. The summed E-state index contributed by atoms with van der Waals surface area (Å²) in [5.74, 6) is 0.182. The second-order valence-electron chi connectivity index (χ2n) is 6.26. The molecule has 1 aliphatic rings. The molecule has 120 valence electrons. The van der Waals surface area contributed by atoms with Crippen LogP contribution < -0.4 is 0 Å². The molecule has 1 aliphatic heterocycles. The lowest BCUT2D eigenvalue weighted by Gasteiger charge is -2.37. The van der Waals surface area contributed by atoms with Crippen LogP contribution >= 0.6 is 0 Å². The minimum Gasteiger partial charge on any atom is -0.396 e. The molecular formula is C19H22N2O2. The molecule has 0 aliphatic carbocycles. The number of nitrogens with zero attached hydrogens (tertiary/aromatic N) is 2. The van der Waals surface area contributed by atoms with Gasteiger partial charge in [0.05, 0.1) is 5.56 Å². The van der Waals surface area contributed by atoms with E-state index in [1.807, 2.05) is 41.3 Å². The third-order valence-corrected chi connectivity index (χ3v) is 4.59. The molecule has 2 unspecified atom stereocenters. The maximum Gasteiger partial charge on any atom is 0.255 e. The van der Waals surface area contributed by atoms with Gasteiger partial charge >= 0.3 is 0 Å². The van der Waals surface area contributed by atoms with E-state index in [4.69, 9.17) is 0 Å². The molecule has 1 aromatic heterocycles. The maximum absolute atomic E-state index is 12.9. The highest BCUT2D eigenvalue weighted by molar-refractivity contribution is 5.95. The highest BCUT2D eigenvalue weighted by Gasteiger charge is 2.29. The number of hydrogen-bond donors (Lipinski definition) is 1. The highest BCUT2D eigenvalue weighted by atomic mass is 16.3. The van der Waals surface area contributed by atoms with Crippen LogP contribution in [0.25, 0.3) is 11.1 Å². The summed E-state index contributed by atoms with van der Waals surface area (Å²) in [6, 6.07) is 12.0. The summed E-state index contributed by atoms with van der Waals surface area (Å²) >= 11 is 0. The van der Waals surface area contributed by atoms with Gasteiger partial charge in [0.1, 0.15) is 0 Å². The fraction of sp³-hybridized carbons (Fsp3) is 0.368. The van der Waals surface area contributed by atoms with Gasteiger partial charge in [-0.15, -0.1) is 0 Å². The lowest BCUT2D eigenvalue weighted by molar-refractivity contribution is 0.0488. The van der Waals surface area contributed by atoms with Crippen molar-refractivity contribution in [2.45, 2.75) is 25.8 Å². The molecule has 0 saturated carbocycles. The second kappa shape index (κ2) is 6.92. The van der Waals surface area contributed by atoms with Crippen molar-refractivity contribution in [2.24, 2.45) is 5.92 Å². The van der Waals surface area contributed by atoms with Gasteiger partial charge in [-0.25, -0.2) is 0 Å². The third-order valence-electron chi connectivity index (χ3n) is 4.59. The fourth-order valence-electron chi connectivity index (χ4n) is 3.13. The molecule has 4 heteroatoms. The number of pyridine rings is 1. The van der Waals surface area contributed by atoms with Crippen molar-refractivity contribution in [1.82, 2.24) is 9.88 Å². The Kier molecular flexibility index (Phi) is 4.72. The molecule has 0 bridgehead atoms. The van der Waals surface area contributed by atoms with Crippen molar-refractivity contribution in [3.8, 4) is 11.1 Å². The number of aliphatic hydroxyl groups excluding tert-OH is 1. The largest absolute Gasteiger partial charge is 0.396 e. The predicted octanol–water partition coefficient (Wildman–Crippen LogP) is 2.98. The van der Waals surface area contributed by atoms with Gasteiger partial charge in [0.15, 0.2) is 0 Å². The first kappa shape index (κ1) is 15.7. The van der Waals surface area contributed by atoms with E-state index in [2.05, 4.69) is 11.9 Å². The molecule has 0 spiro atoms. The van der Waals surface area contributed by atoms with Gasteiger partial charge in [0.25, 0.3) is 5.91 Å². The number of benzene rings is 1. The predicted molar refractivity (Wildman–Crippen MR) is 90.0 cm³/mol. The van der Waals surface area contributed by atoms with Crippen molar-refractivity contribution < 1.29 is 9.90 Å². The summed E-state index contributed by atoms with van der Waals surface area (Å²) in [5, 5.41) is 9.39. The molecule has 2 heterocycles. The topological polar surface area (TPSA) is 53.4 Å². The molecule has 1 saturated heterocycles. The average molecular weight is 310 g/mol. The summed E-state index contributed by atoms with van der Waals surface area (Å²) in [6.45, 7) is 2.82. The van der Waals surface area contributed by atoms with Crippen molar-refractivity contribution in [3.05, 3.63) is 54.4 Å². The lowest BCUT2D eigenvalue weighted by atomic mass is 9.93. The van der Waals surface area contributed by atoms with Crippen LogP contribution in [0.3, 0.4) is 0 Å². The van der Waals surface area contributed by atoms with Crippen molar-refractivity contribution in [2.75, 3.05) is 13.2 Å². The van der Waals surface area contributed by atoms with Gasteiger partial charge in [-0.2, -0.15) is 0 Å². The lowest BCUT2D eigenvalue weighted by Crippen LogP contribution is -2.46. The van der Waals surface area contributed by atoms with Crippen LogP contribution in [0.5, 0.6) is 0 Å². The van der Waals surface area contributed by atoms with E-state index in [0.29, 0.717) is 12.1 Å². The second-order valence-corrected chi connectivity index (χ2v) is 6.26. The fourth-order valence-corrected chi connectivity index (χ4v) is 3.13. The van der Waals surface area contributed by atoms with Gasteiger partial charge in [-0.05, 0) is 37.3 Å². The van der Waals surface area contributed by atoms with E-state index in [-0.39, 0.29) is 24.5 Å². The SMILES string of the molecule is CC1CCC(CO)CN1C(=O)c1cncc(-c2ccccc2)c1. The number of carbonyl (C=O) groups is 1. The standard InChI is InChI=1S/C19H22N2O2/c1-14-7-8-15(13-22)12-21(14)19(23)18-9-17(10-20-11-18)16-5-3-2-4-6-16/h2-6,9-11,14-15,22H,7-8,12-13H2,1H3. The third kappa shape index (κ3) is 3.42. The van der Waals surface area contributed by atoms with Crippen LogP contribution in [0.1, 0.15) is 30.1 Å². The van der Waals surface area contributed by atoms with Gasteiger partial charge in [0.2, 0.25) is 0 Å². The zero-order chi connectivity index (χ0) is 16.2. The molecule has 0 radical (unpaired) electrons. The maximum atomic E-state index is 12.9. The van der Waals surface area contributed by atoms with E-state index >= 15 is 0 Å². The Morgan fingerprint density at radius 1 is 1.22 bits per heavy atom. The van der Waals surface area contributed by atoms with Crippen LogP contribution in [-0.4, -0.2) is 40.1 Å². The van der Waals surface area contributed by atoms with Gasteiger partial charge in [-0.1, -0.05) is 30.3 Å². The van der Waals surface area contributed by atoms with E-state index in [0.717, 1.165) is 24.0 Å². The summed E-state index contributed by atoms with van der Waals surface area (Å²) in [7, 11) is 0. The van der Waals surface area contributed by atoms with Gasteiger partial charge < -0.3 is 10.0 Å². The number of piperidine rings is 1. The zero-order valence-electron chi connectivity index (χ0n) is 13.4. The number of likely N-dealkylation sites (tertiary alicyclic amines) is 1. The van der Waals surface area contributed by atoms with Crippen LogP contribution in [0.2, 0.25) is 0 Å². The molecule has 1 amide bonds. The molecule has 1 N–H and O–H groups in total. The zero-order valence-corrected chi connectivity index (χ0v) is 13.4. The molecule has 2 aromatic rings. The first-order valence-corrected chi connectivity index (χ1v) is 8.11. The summed E-state index contributed by atoms with van der Waals surface area (Å²) < 4.78 is 0. The smallest absolute Gasteiger partial charge is 0.255 e. The normalized spacial score (nSPS) is 21.2. The number of aromatic nitrogens is 1. The first-order valence-electron chi connectivity index (χ1n) is 8.11. The minimum absolute atomic E-state index is 0.000862. The Labute approximate surface area is 136 Å². The van der Waals surface area contributed by atoms with Gasteiger partial charge in [-0.3, -0.25) is 9.78 Å². The Morgan fingerprint density at radius 2 is 2.00 bits per heavy atom. The first-order chi connectivity index (χ1) is 11.2. The number of carbonyl (C=O) groups excluding carboxylic acids is 1. The van der Waals surface area contributed by atoms with E-state index < -0.39 is 0 Å². The Morgan fingerprint density at radius 3 is 2.74 bits per heavy atom. The van der Waals surface area contributed by atoms with Crippen LogP contribution in [0.4, 0.5) is 0 Å². The van der Waals surface area contributed by atoms with E-state index in [9.17, 15) is 9.90 Å². The summed E-state index contributed by atoms with van der Waals surface area (Å²) in [5.41, 5.74) is 2.60. The van der Waals surface area contributed by atoms with Gasteiger partial charge in [0, 0.05) is 37.2 Å². The van der Waals surface area contributed by atoms with Crippen LogP contribution in [0, 0.1) is 5.92 Å². The number of hydrogen-bond acceptors (Lipinski definition) is 3. The number of aliphatic hydroxyl groups is 1. The Balaban J connectivity index is 1.85. The number of rotatable bonds is 3. The molecule has 2 atom stereocenters. The van der Waals surface area contributed by atoms with Crippen molar-refractivity contribution >= 4 is 5.91 Å². The van der Waals surface area contributed by atoms with Crippen molar-refractivity contribution in [1.29, 1.82) is 0 Å². The molecular weight excluding hydrogens is 288 g/mol. The monoisotopic (exact) mass is 310 g/mol. The quantitative estimate of drug-likeness (QED) is 0.948. The Bertz CT molecular complexity index is 672. The summed E-state index contributed by atoms with van der Waals surface area (Å²) in [6.07, 6.45) is 5.32. The molecule has 1 aromatic carbocycles. The van der Waals surface area contributed by atoms with Crippen LogP contribution in [0.15, 0.2) is 48.8 Å².